The van der Waals surface area contributed by atoms with Crippen molar-refractivity contribution < 1.29 is 14.4 Å². The van der Waals surface area contributed by atoms with Gasteiger partial charge in [-0.1, -0.05) is 18.2 Å². The van der Waals surface area contributed by atoms with Crippen LogP contribution >= 0.6 is 0 Å². The van der Waals surface area contributed by atoms with E-state index in [1.807, 2.05) is 25.1 Å². The van der Waals surface area contributed by atoms with E-state index in [9.17, 15) is 4.79 Å². The van der Waals surface area contributed by atoms with E-state index < -0.39 is 0 Å². The molecule has 4 heteroatoms. The minimum Gasteiger partial charge on any atom is -0.466 e. The van der Waals surface area contributed by atoms with Crippen molar-refractivity contribution in [3.8, 4) is 5.75 Å². The summed E-state index contributed by atoms with van der Waals surface area (Å²) < 4.78 is 4.86. The third kappa shape index (κ3) is 3.24. The molecule has 0 saturated carbocycles. The first kappa shape index (κ1) is 12.5. The molecule has 0 aliphatic rings. The molecule has 0 fully saturated rings. The first-order chi connectivity index (χ1) is 7.69. The van der Waals surface area contributed by atoms with Gasteiger partial charge in [-0.25, -0.2) is 0 Å². The summed E-state index contributed by atoms with van der Waals surface area (Å²) in [5.74, 6) is 5.64. The number of carbonyl (C=O) groups is 1. The predicted molar refractivity (Wildman–Crippen MR) is 60.9 cm³/mol. The van der Waals surface area contributed by atoms with Crippen LogP contribution in [0.4, 0.5) is 0 Å². The number of nitrogens with two attached hydrogens (primary N) is 1. The molecule has 0 amide bonds. The van der Waals surface area contributed by atoms with Gasteiger partial charge < -0.3 is 9.57 Å². The SMILES string of the molecule is CCOC(=O)CCc1cccc(C)c1ON. The van der Waals surface area contributed by atoms with E-state index in [0.29, 0.717) is 25.2 Å². The van der Waals surface area contributed by atoms with E-state index in [1.165, 1.54) is 0 Å². The lowest BCUT2D eigenvalue weighted by atomic mass is 10.1. The number of hydrogen-bond donors (Lipinski definition) is 1. The number of para-hydroxylation sites is 1. The Balaban J connectivity index is 2.66. The van der Waals surface area contributed by atoms with Crippen molar-refractivity contribution in [3.63, 3.8) is 0 Å². The van der Waals surface area contributed by atoms with Gasteiger partial charge >= 0.3 is 5.97 Å². The number of aryl methyl sites for hydroxylation is 2. The first-order valence-electron chi connectivity index (χ1n) is 5.29. The molecule has 4 nitrogen and oxygen atoms in total. The highest BCUT2D eigenvalue weighted by atomic mass is 16.6. The van der Waals surface area contributed by atoms with E-state index in [2.05, 4.69) is 0 Å². The molecule has 0 saturated heterocycles. The molecule has 0 aliphatic carbocycles. The molecule has 0 aliphatic heterocycles. The number of benzene rings is 1. The zero-order valence-corrected chi connectivity index (χ0v) is 9.66. The average Bonchev–Trinajstić information content (AvgIpc) is 2.27. The summed E-state index contributed by atoms with van der Waals surface area (Å²) in [6, 6.07) is 5.73. The number of ether oxygens (including phenoxy) is 1. The lowest BCUT2D eigenvalue weighted by Gasteiger charge is -2.09. The van der Waals surface area contributed by atoms with Gasteiger partial charge in [-0.05, 0) is 31.4 Å². The molecule has 1 aromatic rings. The third-order valence-electron chi connectivity index (χ3n) is 2.32. The number of carbonyl (C=O) groups excluding carboxylic acids is 1. The molecular weight excluding hydrogens is 206 g/mol. The van der Waals surface area contributed by atoms with Crippen LogP contribution < -0.4 is 10.7 Å². The molecule has 1 rings (SSSR count). The van der Waals surface area contributed by atoms with E-state index in [1.54, 1.807) is 6.92 Å². The summed E-state index contributed by atoms with van der Waals surface area (Å²) in [4.78, 5) is 16.0. The maximum Gasteiger partial charge on any atom is 0.306 e. The van der Waals surface area contributed by atoms with Crippen LogP contribution in [-0.2, 0) is 16.0 Å². The van der Waals surface area contributed by atoms with Crippen molar-refractivity contribution in [1.29, 1.82) is 0 Å². The van der Waals surface area contributed by atoms with Crippen LogP contribution in [0.15, 0.2) is 18.2 Å². The van der Waals surface area contributed by atoms with E-state index in [0.717, 1.165) is 11.1 Å². The molecule has 0 radical (unpaired) electrons. The van der Waals surface area contributed by atoms with E-state index in [4.69, 9.17) is 15.5 Å². The van der Waals surface area contributed by atoms with Crippen molar-refractivity contribution >= 4 is 5.97 Å². The van der Waals surface area contributed by atoms with Crippen LogP contribution in [0.5, 0.6) is 5.75 Å². The molecule has 0 atom stereocenters. The summed E-state index contributed by atoms with van der Waals surface area (Å²) in [6.45, 7) is 4.11. The topological polar surface area (TPSA) is 61.5 Å². The second-order valence-electron chi connectivity index (χ2n) is 3.49. The van der Waals surface area contributed by atoms with Gasteiger partial charge in [0.15, 0.2) is 5.75 Å². The molecule has 0 heterocycles. The van der Waals surface area contributed by atoms with Gasteiger partial charge in [0.2, 0.25) is 0 Å². The number of hydrogen-bond acceptors (Lipinski definition) is 4. The quantitative estimate of drug-likeness (QED) is 0.610. The van der Waals surface area contributed by atoms with Crippen molar-refractivity contribution in [2.24, 2.45) is 5.90 Å². The van der Waals surface area contributed by atoms with E-state index in [-0.39, 0.29) is 5.97 Å². The van der Waals surface area contributed by atoms with Gasteiger partial charge in [-0.2, -0.15) is 5.90 Å². The highest BCUT2D eigenvalue weighted by molar-refractivity contribution is 5.69. The average molecular weight is 223 g/mol. The lowest BCUT2D eigenvalue weighted by molar-refractivity contribution is -0.143. The fourth-order valence-electron chi connectivity index (χ4n) is 1.55. The molecule has 0 spiro atoms. The number of rotatable bonds is 5. The predicted octanol–water partition coefficient (Wildman–Crippen LogP) is 1.74. The monoisotopic (exact) mass is 223 g/mol. The van der Waals surface area contributed by atoms with Gasteiger partial charge in [0.05, 0.1) is 6.61 Å². The van der Waals surface area contributed by atoms with Gasteiger partial charge in [0.25, 0.3) is 0 Å². The Morgan fingerprint density at radius 3 is 2.81 bits per heavy atom. The molecule has 16 heavy (non-hydrogen) atoms. The Labute approximate surface area is 95.3 Å². The molecule has 2 N–H and O–H groups in total. The number of esters is 1. The molecule has 0 aromatic heterocycles. The normalized spacial score (nSPS) is 9.94. The Morgan fingerprint density at radius 2 is 2.19 bits per heavy atom. The van der Waals surface area contributed by atoms with Crippen molar-refractivity contribution in [3.05, 3.63) is 29.3 Å². The van der Waals surface area contributed by atoms with Crippen LogP contribution in [0, 0.1) is 6.92 Å². The Hall–Kier alpha value is -1.55. The highest BCUT2D eigenvalue weighted by Crippen LogP contribution is 2.23. The van der Waals surface area contributed by atoms with Gasteiger partial charge in [0, 0.05) is 6.42 Å². The largest absolute Gasteiger partial charge is 0.466 e. The fourth-order valence-corrected chi connectivity index (χ4v) is 1.55. The smallest absolute Gasteiger partial charge is 0.306 e. The van der Waals surface area contributed by atoms with E-state index >= 15 is 0 Å². The molecule has 0 bridgehead atoms. The second-order valence-corrected chi connectivity index (χ2v) is 3.49. The molecular formula is C12H17NO3. The zero-order chi connectivity index (χ0) is 12.0. The third-order valence-corrected chi connectivity index (χ3v) is 2.32. The van der Waals surface area contributed by atoms with Crippen LogP contribution in [-0.4, -0.2) is 12.6 Å². The van der Waals surface area contributed by atoms with Gasteiger partial charge in [-0.15, -0.1) is 0 Å². The summed E-state index contributed by atoms with van der Waals surface area (Å²) >= 11 is 0. The van der Waals surface area contributed by atoms with Gasteiger partial charge in [0.1, 0.15) is 0 Å². The summed E-state index contributed by atoms with van der Waals surface area (Å²) in [7, 11) is 0. The minimum atomic E-state index is -0.202. The summed E-state index contributed by atoms with van der Waals surface area (Å²) in [5.41, 5.74) is 1.89. The first-order valence-corrected chi connectivity index (χ1v) is 5.29. The zero-order valence-electron chi connectivity index (χ0n) is 9.66. The standard InChI is InChI=1S/C12H17NO3/c1-3-15-11(14)8-7-10-6-4-5-9(2)12(10)16-13/h4-6H,3,7-8,13H2,1-2H3. The Bertz CT molecular complexity index is 363. The fraction of sp³-hybridized carbons (Fsp3) is 0.417. The molecule has 1 aromatic carbocycles. The summed E-state index contributed by atoms with van der Waals surface area (Å²) in [5, 5.41) is 0. The van der Waals surface area contributed by atoms with Crippen LogP contribution in [0.25, 0.3) is 0 Å². The van der Waals surface area contributed by atoms with Crippen molar-refractivity contribution in [1.82, 2.24) is 0 Å². The van der Waals surface area contributed by atoms with Crippen molar-refractivity contribution in [2.45, 2.75) is 26.7 Å². The van der Waals surface area contributed by atoms with Crippen LogP contribution in [0.2, 0.25) is 0 Å². The molecule has 0 unspecified atom stereocenters. The molecule has 88 valence electrons. The lowest BCUT2D eigenvalue weighted by Crippen LogP contribution is -2.09. The Morgan fingerprint density at radius 1 is 1.44 bits per heavy atom. The van der Waals surface area contributed by atoms with Crippen LogP contribution in [0.1, 0.15) is 24.5 Å². The Kier molecular flexibility index (Phi) is 4.79. The second kappa shape index (κ2) is 6.12. The van der Waals surface area contributed by atoms with Crippen LogP contribution in [0.3, 0.4) is 0 Å². The summed E-state index contributed by atoms with van der Waals surface area (Å²) in [6.07, 6.45) is 0.917. The maximum absolute atomic E-state index is 11.2. The van der Waals surface area contributed by atoms with Crippen molar-refractivity contribution in [2.75, 3.05) is 6.61 Å². The highest BCUT2D eigenvalue weighted by Gasteiger charge is 2.09. The minimum absolute atomic E-state index is 0.202. The van der Waals surface area contributed by atoms with Gasteiger partial charge in [-0.3, -0.25) is 4.79 Å². The maximum atomic E-state index is 11.2.